The number of carbonyl (C=O) groups is 2. The molecule has 0 fully saturated rings. The van der Waals surface area contributed by atoms with Crippen molar-refractivity contribution in [1.82, 2.24) is 0 Å². The van der Waals surface area contributed by atoms with E-state index >= 15 is 0 Å². The van der Waals surface area contributed by atoms with Crippen molar-refractivity contribution >= 4 is 33.3 Å². The van der Waals surface area contributed by atoms with E-state index in [1.165, 1.54) is 23.5 Å². The summed E-state index contributed by atoms with van der Waals surface area (Å²) in [6.45, 7) is 2.04. The van der Waals surface area contributed by atoms with Gasteiger partial charge in [0.05, 0.1) is 11.3 Å². The van der Waals surface area contributed by atoms with Crippen molar-refractivity contribution in [1.29, 1.82) is 0 Å². The number of carboxylic acids is 1. The fourth-order valence-corrected chi connectivity index (χ4v) is 6.40. The zero-order valence-corrected chi connectivity index (χ0v) is 20.1. The SMILES string of the molecule is COC1(S(=O)(=O)N2CCCc3ccc(C(=O)Nc4ccc(C(=O)O)c(F)c4)cc32)C=C(C)C=CC1. The van der Waals surface area contributed by atoms with Crippen molar-refractivity contribution in [2.45, 2.75) is 31.1 Å². The highest BCUT2D eigenvalue weighted by atomic mass is 32.2. The standard InChI is InChI=1S/C25H25FN2O6S/c1-16-5-3-11-25(15-16,34-2)35(32,33)28-12-4-6-17-7-8-18(13-22(17)28)23(29)27-19-9-10-20(24(30)31)21(26)14-19/h3,5,7-10,13-15H,4,6,11-12H2,1-2H3,(H,27,29)(H,30,31). The largest absolute Gasteiger partial charge is 0.478 e. The van der Waals surface area contributed by atoms with Gasteiger partial charge in [0.1, 0.15) is 5.82 Å². The predicted octanol–water partition coefficient (Wildman–Crippen LogP) is 4.11. The Balaban J connectivity index is 1.67. The summed E-state index contributed by atoms with van der Waals surface area (Å²) in [7, 11) is -2.65. The van der Waals surface area contributed by atoms with Gasteiger partial charge in [0, 0.05) is 31.3 Å². The Morgan fingerprint density at radius 2 is 1.97 bits per heavy atom. The van der Waals surface area contributed by atoms with Gasteiger partial charge in [-0.25, -0.2) is 17.6 Å². The molecule has 1 atom stereocenters. The number of hydrogen-bond acceptors (Lipinski definition) is 5. The molecule has 2 aliphatic rings. The highest BCUT2D eigenvalue weighted by Gasteiger charge is 2.47. The van der Waals surface area contributed by atoms with Gasteiger partial charge in [0.2, 0.25) is 4.93 Å². The predicted molar refractivity (Wildman–Crippen MR) is 130 cm³/mol. The molecular weight excluding hydrogens is 475 g/mol. The number of amides is 1. The number of ether oxygens (including phenoxy) is 1. The Bertz CT molecular complexity index is 1370. The molecule has 1 amide bonds. The van der Waals surface area contributed by atoms with Crippen LogP contribution in [0.15, 0.2) is 60.2 Å². The average molecular weight is 501 g/mol. The third-order valence-corrected chi connectivity index (χ3v) is 8.47. The van der Waals surface area contributed by atoms with E-state index in [1.807, 2.05) is 6.08 Å². The second kappa shape index (κ2) is 9.27. The first-order valence-electron chi connectivity index (χ1n) is 11.0. The number of fused-ring (bicyclic) bond motifs is 1. The van der Waals surface area contributed by atoms with Crippen LogP contribution in [-0.2, 0) is 21.2 Å². The Kier molecular flexibility index (Phi) is 6.52. The van der Waals surface area contributed by atoms with E-state index in [0.29, 0.717) is 18.5 Å². The van der Waals surface area contributed by atoms with Crippen molar-refractivity contribution in [3.63, 3.8) is 0 Å². The molecule has 1 heterocycles. The number of methoxy groups -OCH3 is 1. The lowest BCUT2D eigenvalue weighted by molar-refractivity contribution is 0.0691. The molecule has 1 aliphatic carbocycles. The molecule has 4 rings (SSSR count). The molecule has 0 saturated heterocycles. The number of allylic oxidation sites excluding steroid dienone is 2. The lowest BCUT2D eigenvalue weighted by Gasteiger charge is -2.39. The number of nitrogens with zero attached hydrogens (tertiary/aromatic N) is 1. The van der Waals surface area contributed by atoms with Crippen LogP contribution in [0.5, 0.6) is 0 Å². The number of benzene rings is 2. The number of rotatable bonds is 6. The number of aryl methyl sites for hydroxylation is 1. The van der Waals surface area contributed by atoms with Crippen molar-refractivity contribution in [3.05, 3.63) is 82.7 Å². The van der Waals surface area contributed by atoms with Crippen LogP contribution in [0.2, 0.25) is 0 Å². The maximum atomic E-state index is 14.0. The van der Waals surface area contributed by atoms with Gasteiger partial charge >= 0.3 is 5.97 Å². The molecule has 1 unspecified atom stereocenters. The molecule has 0 bridgehead atoms. The smallest absolute Gasteiger partial charge is 0.338 e. The molecule has 2 aromatic carbocycles. The quantitative estimate of drug-likeness (QED) is 0.617. The van der Waals surface area contributed by atoms with Crippen molar-refractivity contribution < 1.29 is 32.2 Å². The summed E-state index contributed by atoms with van der Waals surface area (Å²) in [4.78, 5) is 22.3. The molecule has 8 nitrogen and oxygen atoms in total. The number of carbonyl (C=O) groups excluding carboxylic acids is 1. The third kappa shape index (κ3) is 4.46. The summed E-state index contributed by atoms with van der Waals surface area (Å²) < 4.78 is 48.5. The van der Waals surface area contributed by atoms with Crippen LogP contribution >= 0.6 is 0 Å². The zero-order chi connectivity index (χ0) is 25.4. The van der Waals surface area contributed by atoms with Crippen LogP contribution in [0, 0.1) is 5.82 Å². The summed E-state index contributed by atoms with van der Waals surface area (Å²) in [5.74, 6) is -2.98. The number of hydrogen-bond donors (Lipinski definition) is 2. The summed E-state index contributed by atoms with van der Waals surface area (Å²) >= 11 is 0. The lowest BCUT2D eigenvalue weighted by Crippen LogP contribution is -2.50. The van der Waals surface area contributed by atoms with E-state index in [-0.39, 0.29) is 24.2 Å². The zero-order valence-electron chi connectivity index (χ0n) is 19.2. The second-order valence-electron chi connectivity index (χ2n) is 8.49. The molecule has 0 aromatic heterocycles. The van der Waals surface area contributed by atoms with Gasteiger partial charge in [-0.15, -0.1) is 0 Å². The van der Waals surface area contributed by atoms with Crippen molar-refractivity contribution in [2.24, 2.45) is 0 Å². The summed E-state index contributed by atoms with van der Waals surface area (Å²) in [6.07, 6.45) is 6.63. The molecule has 0 spiro atoms. The molecular formula is C25H25FN2O6S. The lowest BCUT2D eigenvalue weighted by atomic mass is 10.0. The van der Waals surface area contributed by atoms with Crippen LogP contribution in [0.25, 0.3) is 0 Å². The molecule has 2 aromatic rings. The van der Waals surface area contributed by atoms with Crippen molar-refractivity contribution in [2.75, 3.05) is 23.3 Å². The van der Waals surface area contributed by atoms with E-state index in [0.717, 1.165) is 23.3 Å². The Morgan fingerprint density at radius 3 is 2.63 bits per heavy atom. The van der Waals surface area contributed by atoms with Crippen LogP contribution in [0.1, 0.15) is 46.0 Å². The van der Waals surface area contributed by atoms with Crippen LogP contribution in [0.3, 0.4) is 0 Å². The van der Waals surface area contributed by atoms with Crippen molar-refractivity contribution in [3.8, 4) is 0 Å². The molecule has 35 heavy (non-hydrogen) atoms. The van der Waals surface area contributed by atoms with Crippen LogP contribution in [-0.4, -0.2) is 44.0 Å². The first kappa shape index (κ1) is 24.6. The Hall–Kier alpha value is -3.50. The molecule has 2 N–H and O–H groups in total. The summed E-state index contributed by atoms with van der Waals surface area (Å²) in [6, 6.07) is 8.05. The van der Waals surface area contributed by atoms with Crippen LogP contribution < -0.4 is 9.62 Å². The number of carboxylic acid groups (broad SMARTS) is 1. The van der Waals surface area contributed by atoms with E-state index in [1.54, 1.807) is 31.2 Å². The van der Waals surface area contributed by atoms with E-state index in [2.05, 4.69) is 5.32 Å². The normalized spacial score (nSPS) is 19.6. The van der Waals surface area contributed by atoms with E-state index < -0.39 is 38.2 Å². The van der Waals surface area contributed by atoms with Gasteiger partial charge in [0.15, 0.2) is 0 Å². The molecule has 1 aliphatic heterocycles. The number of halogens is 1. The Morgan fingerprint density at radius 1 is 1.20 bits per heavy atom. The summed E-state index contributed by atoms with van der Waals surface area (Å²) in [5.41, 5.74) is 1.70. The van der Waals surface area contributed by atoms with Gasteiger partial charge in [-0.2, -0.15) is 0 Å². The van der Waals surface area contributed by atoms with Gasteiger partial charge in [-0.1, -0.05) is 23.8 Å². The highest BCUT2D eigenvalue weighted by Crippen LogP contribution is 2.39. The summed E-state index contributed by atoms with van der Waals surface area (Å²) in [5, 5.41) is 11.5. The number of aromatic carboxylic acids is 1. The maximum Gasteiger partial charge on any atom is 0.338 e. The molecule has 184 valence electrons. The maximum absolute atomic E-state index is 14.0. The third-order valence-electron chi connectivity index (χ3n) is 6.18. The molecule has 0 radical (unpaired) electrons. The van der Waals surface area contributed by atoms with Gasteiger partial charge in [-0.3, -0.25) is 9.10 Å². The fraction of sp³-hybridized carbons (Fsp3) is 0.280. The number of sulfonamides is 1. The van der Waals surface area contributed by atoms with Gasteiger partial charge in [-0.05, 0) is 61.7 Å². The minimum Gasteiger partial charge on any atom is -0.478 e. The minimum atomic E-state index is -4.02. The topological polar surface area (TPSA) is 113 Å². The fourth-order valence-electron chi connectivity index (χ4n) is 4.38. The first-order chi connectivity index (χ1) is 16.6. The van der Waals surface area contributed by atoms with E-state index in [9.17, 15) is 22.4 Å². The minimum absolute atomic E-state index is 0.0765. The first-order valence-corrected chi connectivity index (χ1v) is 12.4. The van der Waals surface area contributed by atoms with Gasteiger partial charge < -0.3 is 15.2 Å². The van der Waals surface area contributed by atoms with Crippen LogP contribution in [0.4, 0.5) is 15.8 Å². The van der Waals surface area contributed by atoms with E-state index in [4.69, 9.17) is 9.84 Å². The monoisotopic (exact) mass is 500 g/mol. The molecule has 0 saturated carbocycles. The Labute approximate surface area is 202 Å². The average Bonchev–Trinajstić information content (AvgIpc) is 2.82. The number of nitrogens with one attached hydrogen (secondary N) is 1. The highest BCUT2D eigenvalue weighted by molar-refractivity contribution is 7.94. The molecule has 10 heteroatoms. The van der Waals surface area contributed by atoms with Gasteiger partial charge in [0.25, 0.3) is 15.9 Å². The second-order valence-corrected chi connectivity index (χ2v) is 10.6. The number of anilines is 2.